The first-order valence-corrected chi connectivity index (χ1v) is 15.5. The summed E-state index contributed by atoms with van der Waals surface area (Å²) in [6.07, 6.45) is -2.10. The third-order valence-corrected chi connectivity index (χ3v) is 9.69. The lowest BCUT2D eigenvalue weighted by molar-refractivity contribution is -0.274. The number of carboxylic acids is 1. The Labute approximate surface area is 258 Å². The Balaban J connectivity index is 0.000000297. The molecule has 0 saturated carbocycles. The molecule has 5 rings (SSSR count). The number of nitrogens with zero attached hydrogens (tertiary/aromatic N) is 5. The number of thiazole rings is 1. The summed E-state index contributed by atoms with van der Waals surface area (Å²) in [5.41, 5.74) is 6.87. The molecule has 1 aliphatic rings. The maximum atomic E-state index is 13.1. The molecule has 1 fully saturated rings. The van der Waals surface area contributed by atoms with E-state index in [4.69, 9.17) is 5.73 Å². The van der Waals surface area contributed by atoms with Crippen LogP contribution in [0.25, 0.3) is 10.2 Å². The molecule has 2 aromatic heterocycles. The van der Waals surface area contributed by atoms with Crippen molar-refractivity contribution in [3.63, 3.8) is 0 Å². The monoisotopic (exact) mass is 674 g/mol. The van der Waals surface area contributed by atoms with Crippen LogP contribution in [0.3, 0.4) is 0 Å². The predicted octanol–water partition coefficient (Wildman–Crippen LogP) is 4.60. The number of aromatic nitrogens is 3. The second-order valence-corrected chi connectivity index (χ2v) is 12.5. The lowest BCUT2D eigenvalue weighted by atomic mass is 10.0. The quantitative estimate of drug-likeness (QED) is 0.254. The van der Waals surface area contributed by atoms with E-state index in [1.807, 2.05) is 0 Å². The molecule has 1 aliphatic heterocycles. The Morgan fingerprint density at radius 3 is 2.24 bits per heavy atom. The van der Waals surface area contributed by atoms with Crippen LogP contribution in [0.2, 0.25) is 0 Å². The maximum absolute atomic E-state index is 13.1. The summed E-state index contributed by atoms with van der Waals surface area (Å²) in [5, 5.41) is 17.7. The van der Waals surface area contributed by atoms with E-state index in [2.05, 4.69) is 19.9 Å². The minimum atomic E-state index is -4.92. The number of benzene rings is 2. The standard InChI is InChI=1S/C17H14F3N5O5S2.C10H13F2N/c18-17(19,20)30-10-1-3-11(4-2-10)32(28,29)25-6-5-24(9-13(25)15(26)27)16-23-12-7-21-22-8-14(12)31-16;1-2-10(11,12)9-5-3-8(7-13)4-6-9/h1-4,7-8,13H,5-6,9H2,(H,26,27);3-6H,2,7,13H2,1H3/t13-;/m1./s1. The first-order chi connectivity index (χ1) is 21.1. The molecule has 3 heterocycles. The average molecular weight is 675 g/mol. The molecule has 0 spiro atoms. The van der Waals surface area contributed by atoms with Gasteiger partial charge in [-0.2, -0.15) is 14.5 Å². The molecule has 11 nitrogen and oxygen atoms in total. The van der Waals surface area contributed by atoms with Crippen LogP contribution in [-0.4, -0.2) is 71.0 Å². The van der Waals surface area contributed by atoms with Gasteiger partial charge >= 0.3 is 12.3 Å². The van der Waals surface area contributed by atoms with Gasteiger partial charge in [-0.15, -0.1) is 13.2 Å². The van der Waals surface area contributed by atoms with Crippen molar-refractivity contribution in [3.05, 3.63) is 72.1 Å². The molecule has 242 valence electrons. The van der Waals surface area contributed by atoms with Gasteiger partial charge < -0.3 is 20.5 Å². The van der Waals surface area contributed by atoms with Crippen molar-refractivity contribution in [2.45, 2.75) is 43.1 Å². The number of sulfonamides is 1. The van der Waals surface area contributed by atoms with E-state index in [9.17, 15) is 40.3 Å². The molecule has 2 aromatic carbocycles. The summed E-state index contributed by atoms with van der Waals surface area (Å²) in [7, 11) is -4.29. The van der Waals surface area contributed by atoms with Gasteiger partial charge in [-0.25, -0.2) is 22.2 Å². The number of nitrogens with two attached hydrogens (primary N) is 1. The largest absolute Gasteiger partial charge is 0.573 e. The number of hydrogen-bond donors (Lipinski definition) is 2. The minimum absolute atomic E-state index is 0.0622. The molecule has 0 bridgehead atoms. The van der Waals surface area contributed by atoms with Gasteiger partial charge in [-0.1, -0.05) is 42.5 Å². The molecule has 0 aliphatic carbocycles. The van der Waals surface area contributed by atoms with Gasteiger partial charge in [0.1, 0.15) is 17.3 Å². The summed E-state index contributed by atoms with van der Waals surface area (Å²) in [4.78, 5) is 17.6. The van der Waals surface area contributed by atoms with Gasteiger partial charge in [-0.3, -0.25) is 4.79 Å². The molecular weight excluding hydrogens is 647 g/mol. The molecule has 1 atom stereocenters. The number of fused-ring (bicyclic) bond motifs is 1. The lowest BCUT2D eigenvalue weighted by Crippen LogP contribution is -2.58. The fourth-order valence-corrected chi connectivity index (χ4v) is 6.80. The number of rotatable bonds is 8. The number of alkyl halides is 5. The molecule has 45 heavy (non-hydrogen) atoms. The van der Waals surface area contributed by atoms with Crippen molar-refractivity contribution >= 4 is 42.7 Å². The maximum Gasteiger partial charge on any atom is 0.573 e. The molecule has 3 N–H and O–H groups in total. The van der Waals surface area contributed by atoms with E-state index in [1.165, 1.54) is 42.8 Å². The highest BCUT2D eigenvalue weighted by Crippen LogP contribution is 2.32. The minimum Gasteiger partial charge on any atom is -0.480 e. The van der Waals surface area contributed by atoms with Crippen molar-refractivity contribution in [3.8, 4) is 5.75 Å². The number of hydrogen-bond acceptors (Lipinski definition) is 10. The van der Waals surface area contributed by atoms with Gasteiger partial charge in [0.25, 0.3) is 5.92 Å². The van der Waals surface area contributed by atoms with Crippen LogP contribution < -0.4 is 15.4 Å². The summed E-state index contributed by atoms with van der Waals surface area (Å²) < 4.78 is 94.5. The van der Waals surface area contributed by atoms with Crippen LogP contribution in [0.5, 0.6) is 5.75 Å². The zero-order valence-electron chi connectivity index (χ0n) is 23.5. The van der Waals surface area contributed by atoms with Gasteiger partial charge in [0, 0.05) is 38.2 Å². The Morgan fingerprint density at radius 2 is 1.69 bits per heavy atom. The Kier molecular flexibility index (Phi) is 10.2. The first-order valence-electron chi connectivity index (χ1n) is 13.2. The topological polar surface area (TPSA) is 152 Å². The number of ether oxygens (including phenoxy) is 1. The molecule has 0 unspecified atom stereocenters. The fraction of sp³-hybridized carbons (Fsp3) is 0.333. The van der Waals surface area contributed by atoms with E-state index >= 15 is 0 Å². The van der Waals surface area contributed by atoms with Gasteiger partial charge in [0.2, 0.25) is 10.0 Å². The Hall–Kier alpha value is -4.00. The second kappa shape index (κ2) is 13.6. The third kappa shape index (κ3) is 8.19. The SMILES string of the molecule is CCC(F)(F)c1ccc(CN)cc1.O=C(O)[C@H]1CN(c2nc3cnncc3s2)CCN1S(=O)(=O)c1ccc(OC(F)(F)F)cc1. The predicted molar refractivity (Wildman–Crippen MR) is 154 cm³/mol. The van der Waals surface area contributed by atoms with E-state index in [1.54, 1.807) is 17.0 Å². The zero-order valence-corrected chi connectivity index (χ0v) is 25.1. The van der Waals surface area contributed by atoms with Crippen LogP contribution in [0.1, 0.15) is 24.5 Å². The summed E-state index contributed by atoms with van der Waals surface area (Å²) in [5.74, 6) is -4.66. The second-order valence-electron chi connectivity index (χ2n) is 9.63. The van der Waals surface area contributed by atoms with Gasteiger partial charge in [0.15, 0.2) is 5.13 Å². The highest BCUT2D eigenvalue weighted by Gasteiger charge is 2.41. The molecule has 18 heteroatoms. The molecule has 4 aromatic rings. The number of halogens is 5. The van der Waals surface area contributed by atoms with E-state index in [-0.39, 0.29) is 36.5 Å². The fourth-order valence-electron chi connectivity index (χ4n) is 4.29. The summed E-state index contributed by atoms with van der Waals surface area (Å²) >= 11 is 1.27. The molecule has 0 amide bonds. The van der Waals surface area contributed by atoms with Crippen LogP contribution in [-0.2, 0) is 27.3 Å². The number of carboxylic acid groups (broad SMARTS) is 1. The van der Waals surface area contributed by atoms with Crippen LogP contribution in [0.15, 0.2) is 65.8 Å². The lowest BCUT2D eigenvalue weighted by Gasteiger charge is -2.38. The van der Waals surface area contributed by atoms with Crippen molar-refractivity contribution in [2.24, 2.45) is 5.73 Å². The normalized spacial score (nSPS) is 16.2. The third-order valence-electron chi connectivity index (χ3n) is 6.70. The van der Waals surface area contributed by atoms with Crippen LogP contribution >= 0.6 is 11.3 Å². The molecule has 1 saturated heterocycles. The van der Waals surface area contributed by atoms with E-state index in [0.29, 0.717) is 17.2 Å². The smallest absolute Gasteiger partial charge is 0.480 e. The number of aliphatic carboxylic acids is 1. The van der Waals surface area contributed by atoms with E-state index < -0.39 is 40.1 Å². The highest BCUT2D eigenvalue weighted by molar-refractivity contribution is 7.89. The van der Waals surface area contributed by atoms with Crippen molar-refractivity contribution in [1.82, 2.24) is 19.5 Å². The van der Waals surface area contributed by atoms with Gasteiger partial charge in [0.05, 0.1) is 22.0 Å². The Bertz CT molecular complexity index is 1690. The Morgan fingerprint density at radius 1 is 1.04 bits per heavy atom. The molecule has 0 radical (unpaired) electrons. The highest BCUT2D eigenvalue weighted by atomic mass is 32.2. The van der Waals surface area contributed by atoms with Gasteiger partial charge in [-0.05, 0) is 29.8 Å². The molecular formula is C27H27F5N6O5S2. The zero-order chi connectivity index (χ0) is 33.0. The van der Waals surface area contributed by atoms with Crippen molar-refractivity contribution in [2.75, 3.05) is 24.5 Å². The summed E-state index contributed by atoms with van der Waals surface area (Å²) in [6, 6.07) is 8.31. The average Bonchev–Trinajstić information content (AvgIpc) is 3.45. The summed E-state index contributed by atoms with van der Waals surface area (Å²) in [6.45, 7) is 1.70. The number of anilines is 1. The number of carbonyl (C=O) groups is 1. The number of piperazine rings is 1. The van der Waals surface area contributed by atoms with E-state index in [0.717, 1.165) is 38.8 Å². The van der Waals surface area contributed by atoms with Crippen LogP contribution in [0, 0.1) is 0 Å². The van der Waals surface area contributed by atoms with Crippen LogP contribution in [0.4, 0.5) is 27.1 Å². The first kappa shape index (κ1) is 33.9. The van der Waals surface area contributed by atoms with Crippen molar-refractivity contribution < 1.29 is 45.0 Å². The van der Waals surface area contributed by atoms with Crippen molar-refractivity contribution in [1.29, 1.82) is 0 Å².